The summed E-state index contributed by atoms with van der Waals surface area (Å²) in [5.74, 6) is 0.138. The van der Waals surface area contributed by atoms with Gasteiger partial charge < -0.3 is 15.2 Å². The summed E-state index contributed by atoms with van der Waals surface area (Å²) < 4.78 is 7.64. The van der Waals surface area contributed by atoms with Crippen LogP contribution in [0.2, 0.25) is 0 Å². The summed E-state index contributed by atoms with van der Waals surface area (Å²) in [7, 11) is 0. The van der Waals surface area contributed by atoms with E-state index in [0.29, 0.717) is 29.5 Å². The van der Waals surface area contributed by atoms with Crippen LogP contribution >= 0.6 is 0 Å². The van der Waals surface area contributed by atoms with Crippen LogP contribution in [0.3, 0.4) is 0 Å². The standard InChI is InChI=1S/C25H31N3O4/c1-3-13-28-24(31)23-22(16(2)11-12-20(26-23)18-8-4-5-9-18)27-25(28)32-19-10-6-7-17(14-19)15-21(29)30/h6-7,10,12,14,16,18,26H,3-5,8-9,11,13,15H2,1-2H3,(H,29,30). The summed E-state index contributed by atoms with van der Waals surface area (Å²) >= 11 is 0. The number of aliphatic carboxylic acids is 1. The molecule has 0 amide bonds. The SMILES string of the molecule is CCCn1c(Oc2cccc(CC(=O)O)c2)nc2c(c1=O)NC(C1CCCC1)=CCC2C. The van der Waals surface area contributed by atoms with E-state index in [1.54, 1.807) is 28.8 Å². The molecule has 1 fully saturated rings. The number of nitrogens with zero attached hydrogens (tertiary/aromatic N) is 2. The number of carboxylic acid groups (broad SMARTS) is 1. The van der Waals surface area contributed by atoms with Gasteiger partial charge in [0, 0.05) is 18.2 Å². The number of rotatable bonds is 7. The van der Waals surface area contributed by atoms with Crippen LogP contribution < -0.4 is 15.6 Å². The van der Waals surface area contributed by atoms with Gasteiger partial charge in [0.1, 0.15) is 11.4 Å². The van der Waals surface area contributed by atoms with Crippen molar-refractivity contribution in [1.29, 1.82) is 0 Å². The number of carbonyl (C=O) groups is 1. The number of anilines is 1. The Labute approximate surface area is 188 Å². The molecule has 1 aromatic carbocycles. The number of hydrogen-bond donors (Lipinski definition) is 2. The number of fused-ring (bicyclic) bond motifs is 1. The molecule has 4 rings (SSSR count). The lowest BCUT2D eigenvalue weighted by molar-refractivity contribution is -0.136. The quantitative estimate of drug-likeness (QED) is 0.628. The van der Waals surface area contributed by atoms with E-state index < -0.39 is 5.97 Å². The van der Waals surface area contributed by atoms with Gasteiger partial charge in [-0.05, 0) is 49.3 Å². The molecule has 32 heavy (non-hydrogen) atoms. The summed E-state index contributed by atoms with van der Waals surface area (Å²) in [5.41, 5.74) is 2.96. The first-order valence-electron chi connectivity index (χ1n) is 11.6. The summed E-state index contributed by atoms with van der Waals surface area (Å²) in [6.45, 7) is 4.58. The molecule has 1 aromatic heterocycles. The van der Waals surface area contributed by atoms with Crippen molar-refractivity contribution in [3.05, 3.63) is 57.6 Å². The Morgan fingerprint density at radius 1 is 1.31 bits per heavy atom. The van der Waals surface area contributed by atoms with Crippen LogP contribution in [0.15, 0.2) is 40.8 Å². The molecule has 1 atom stereocenters. The Kier molecular flexibility index (Phi) is 6.63. The van der Waals surface area contributed by atoms with E-state index in [-0.39, 0.29) is 23.9 Å². The Balaban J connectivity index is 1.71. The first-order chi connectivity index (χ1) is 15.5. The van der Waals surface area contributed by atoms with Gasteiger partial charge in [0.2, 0.25) is 0 Å². The molecule has 7 nitrogen and oxygen atoms in total. The van der Waals surface area contributed by atoms with E-state index in [0.717, 1.165) is 37.1 Å². The molecule has 170 valence electrons. The number of allylic oxidation sites excluding steroid dienone is 2. The van der Waals surface area contributed by atoms with Gasteiger partial charge in [0.15, 0.2) is 0 Å². The summed E-state index contributed by atoms with van der Waals surface area (Å²) in [5, 5.41) is 12.5. The molecule has 7 heteroatoms. The Morgan fingerprint density at radius 3 is 2.81 bits per heavy atom. The van der Waals surface area contributed by atoms with E-state index >= 15 is 0 Å². The molecule has 2 heterocycles. The largest absolute Gasteiger partial charge is 0.481 e. The molecule has 1 aliphatic heterocycles. The molecule has 0 radical (unpaired) electrons. The van der Waals surface area contributed by atoms with Gasteiger partial charge in [-0.2, -0.15) is 4.98 Å². The van der Waals surface area contributed by atoms with Crippen LogP contribution in [-0.2, 0) is 17.8 Å². The number of benzene rings is 1. The predicted molar refractivity (Wildman–Crippen MR) is 123 cm³/mol. The summed E-state index contributed by atoms with van der Waals surface area (Å²) in [4.78, 5) is 29.4. The Bertz CT molecular complexity index is 1080. The number of nitrogens with one attached hydrogen (secondary N) is 1. The molecule has 2 N–H and O–H groups in total. The maximum Gasteiger partial charge on any atom is 0.307 e. The minimum absolute atomic E-state index is 0.0843. The number of hydrogen-bond acceptors (Lipinski definition) is 5. The first kappa shape index (κ1) is 22.1. The summed E-state index contributed by atoms with van der Waals surface area (Å²) in [6, 6.07) is 7.18. The van der Waals surface area contributed by atoms with E-state index in [2.05, 4.69) is 18.3 Å². The Hall–Kier alpha value is -3.09. The van der Waals surface area contributed by atoms with Crippen LogP contribution in [0, 0.1) is 5.92 Å². The second-order valence-corrected chi connectivity index (χ2v) is 8.83. The fourth-order valence-corrected chi connectivity index (χ4v) is 4.64. The molecule has 0 saturated heterocycles. The van der Waals surface area contributed by atoms with Crippen LogP contribution in [-0.4, -0.2) is 20.6 Å². The second kappa shape index (κ2) is 9.59. The van der Waals surface area contributed by atoms with Crippen molar-refractivity contribution in [2.24, 2.45) is 5.92 Å². The number of ether oxygens (including phenoxy) is 1. The maximum atomic E-state index is 13.6. The van der Waals surface area contributed by atoms with Gasteiger partial charge in [0.25, 0.3) is 5.56 Å². The van der Waals surface area contributed by atoms with Crippen LogP contribution in [0.5, 0.6) is 11.8 Å². The Morgan fingerprint density at radius 2 is 2.09 bits per heavy atom. The molecule has 2 aromatic rings. The van der Waals surface area contributed by atoms with E-state index in [4.69, 9.17) is 14.8 Å². The zero-order valence-electron chi connectivity index (χ0n) is 18.8. The van der Waals surface area contributed by atoms with Crippen molar-refractivity contribution in [3.63, 3.8) is 0 Å². The predicted octanol–water partition coefficient (Wildman–Crippen LogP) is 5.07. The zero-order chi connectivity index (χ0) is 22.7. The molecule has 1 unspecified atom stereocenters. The van der Waals surface area contributed by atoms with E-state index in [1.165, 1.54) is 12.8 Å². The smallest absolute Gasteiger partial charge is 0.307 e. The monoisotopic (exact) mass is 437 g/mol. The van der Waals surface area contributed by atoms with Crippen molar-refractivity contribution in [1.82, 2.24) is 9.55 Å². The van der Waals surface area contributed by atoms with Crippen molar-refractivity contribution in [2.45, 2.75) is 71.3 Å². The fourth-order valence-electron chi connectivity index (χ4n) is 4.64. The number of carboxylic acids is 1. The fraction of sp³-hybridized carbons (Fsp3) is 0.480. The molecule has 0 bridgehead atoms. The highest BCUT2D eigenvalue weighted by molar-refractivity contribution is 5.70. The minimum atomic E-state index is -0.904. The lowest BCUT2D eigenvalue weighted by Gasteiger charge is -2.20. The van der Waals surface area contributed by atoms with E-state index in [9.17, 15) is 9.59 Å². The highest BCUT2D eigenvalue weighted by Gasteiger charge is 2.28. The third kappa shape index (κ3) is 4.71. The van der Waals surface area contributed by atoms with E-state index in [1.807, 2.05) is 6.92 Å². The number of aromatic nitrogens is 2. The molecule has 1 aliphatic carbocycles. The normalized spacial score (nSPS) is 18.4. The third-order valence-electron chi connectivity index (χ3n) is 6.29. The lowest BCUT2D eigenvalue weighted by Crippen LogP contribution is -2.28. The highest BCUT2D eigenvalue weighted by Crippen LogP contribution is 2.37. The maximum absolute atomic E-state index is 13.6. The third-order valence-corrected chi connectivity index (χ3v) is 6.29. The second-order valence-electron chi connectivity index (χ2n) is 8.83. The van der Waals surface area contributed by atoms with Crippen LogP contribution in [0.25, 0.3) is 0 Å². The van der Waals surface area contributed by atoms with Crippen molar-refractivity contribution < 1.29 is 14.6 Å². The lowest BCUT2D eigenvalue weighted by atomic mass is 10.0. The van der Waals surface area contributed by atoms with Crippen molar-refractivity contribution in [3.8, 4) is 11.8 Å². The molecule has 1 saturated carbocycles. The van der Waals surface area contributed by atoms with Crippen LogP contribution in [0.1, 0.15) is 69.5 Å². The first-order valence-corrected chi connectivity index (χ1v) is 11.6. The van der Waals surface area contributed by atoms with Gasteiger partial charge in [-0.3, -0.25) is 14.2 Å². The molecular weight excluding hydrogens is 406 g/mol. The van der Waals surface area contributed by atoms with Gasteiger partial charge >= 0.3 is 12.0 Å². The summed E-state index contributed by atoms with van der Waals surface area (Å²) in [6.07, 6.45) is 8.52. The van der Waals surface area contributed by atoms with Crippen molar-refractivity contribution in [2.75, 3.05) is 5.32 Å². The van der Waals surface area contributed by atoms with Crippen LogP contribution in [0.4, 0.5) is 5.69 Å². The molecular formula is C25H31N3O4. The zero-order valence-corrected chi connectivity index (χ0v) is 18.8. The average molecular weight is 438 g/mol. The van der Waals surface area contributed by atoms with Gasteiger partial charge in [-0.1, -0.05) is 44.9 Å². The van der Waals surface area contributed by atoms with Gasteiger partial charge in [-0.25, -0.2) is 0 Å². The molecule has 2 aliphatic rings. The van der Waals surface area contributed by atoms with Gasteiger partial charge in [-0.15, -0.1) is 0 Å². The highest BCUT2D eigenvalue weighted by atomic mass is 16.5. The van der Waals surface area contributed by atoms with Gasteiger partial charge in [0.05, 0.1) is 12.1 Å². The average Bonchev–Trinajstić information content (AvgIpc) is 3.23. The topological polar surface area (TPSA) is 93.4 Å². The minimum Gasteiger partial charge on any atom is -0.481 e. The molecule has 0 spiro atoms. The van der Waals surface area contributed by atoms with Crippen molar-refractivity contribution >= 4 is 11.7 Å².